The summed E-state index contributed by atoms with van der Waals surface area (Å²) in [6.45, 7) is 0.118. The number of hydrogen-bond acceptors (Lipinski definition) is 3. The van der Waals surface area contributed by atoms with Gasteiger partial charge in [0.1, 0.15) is 16.8 Å². The van der Waals surface area contributed by atoms with E-state index in [1.54, 1.807) is 0 Å². The minimum atomic E-state index is -4.05. The molecule has 1 aromatic carbocycles. The van der Waals surface area contributed by atoms with Gasteiger partial charge in [0.25, 0.3) is 0 Å². The topological polar surface area (TPSA) is 74.7 Å². The van der Waals surface area contributed by atoms with E-state index in [0.29, 0.717) is 12.8 Å². The number of carbonyl (C=O) groups is 1. The van der Waals surface area contributed by atoms with Gasteiger partial charge in [-0.3, -0.25) is 4.79 Å². The van der Waals surface area contributed by atoms with Crippen molar-refractivity contribution in [2.75, 3.05) is 6.54 Å². The summed E-state index contributed by atoms with van der Waals surface area (Å²) in [5.41, 5.74) is 0. The van der Waals surface area contributed by atoms with E-state index in [-0.39, 0.29) is 22.9 Å². The number of piperidine rings is 1. The van der Waals surface area contributed by atoms with Crippen molar-refractivity contribution in [1.29, 1.82) is 0 Å². The Hall–Kier alpha value is -1.18. The molecular weight excluding hydrogens is 309 g/mol. The Morgan fingerprint density at radius 1 is 1.40 bits per heavy atom. The van der Waals surface area contributed by atoms with Crippen LogP contribution in [0.2, 0.25) is 5.02 Å². The normalized spacial score (nSPS) is 20.8. The molecule has 5 nitrogen and oxygen atoms in total. The second-order valence-electron chi connectivity index (χ2n) is 4.54. The lowest BCUT2D eigenvalue weighted by Gasteiger charge is -2.32. The van der Waals surface area contributed by atoms with E-state index in [2.05, 4.69) is 0 Å². The zero-order valence-corrected chi connectivity index (χ0v) is 12.0. The lowest BCUT2D eigenvalue weighted by molar-refractivity contribution is -0.142. The molecule has 0 aliphatic carbocycles. The fraction of sp³-hybridized carbons (Fsp3) is 0.417. The third-order valence-corrected chi connectivity index (χ3v) is 5.61. The predicted octanol–water partition coefficient (Wildman–Crippen LogP) is 2.11. The molecule has 0 saturated carbocycles. The number of sulfonamides is 1. The first-order valence-corrected chi connectivity index (χ1v) is 7.85. The minimum Gasteiger partial charge on any atom is -0.480 e. The van der Waals surface area contributed by atoms with E-state index >= 15 is 0 Å². The maximum atomic E-state index is 13.0. The molecule has 1 unspecified atom stereocenters. The van der Waals surface area contributed by atoms with Crippen molar-refractivity contribution in [2.24, 2.45) is 0 Å². The van der Waals surface area contributed by atoms with Crippen LogP contribution in [0.3, 0.4) is 0 Å². The van der Waals surface area contributed by atoms with Crippen molar-refractivity contribution in [1.82, 2.24) is 4.31 Å². The highest BCUT2D eigenvalue weighted by atomic mass is 35.5. The molecule has 1 aliphatic rings. The summed E-state index contributed by atoms with van der Waals surface area (Å²) in [7, 11) is -4.05. The molecule has 1 N–H and O–H groups in total. The molecule has 1 aromatic rings. The summed E-state index contributed by atoms with van der Waals surface area (Å²) in [6.07, 6.45) is 1.50. The van der Waals surface area contributed by atoms with E-state index in [1.807, 2.05) is 0 Å². The summed E-state index contributed by atoms with van der Waals surface area (Å²) < 4.78 is 38.9. The average Bonchev–Trinajstić information content (AvgIpc) is 2.38. The number of halogens is 2. The quantitative estimate of drug-likeness (QED) is 0.925. The molecule has 1 saturated heterocycles. The first-order valence-electron chi connectivity index (χ1n) is 6.04. The van der Waals surface area contributed by atoms with Gasteiger partial charge in [-0.2, -0.15) is 4.31 Å². The van der Waals surface area contributed by atoms with Crippen LogP contribution >= 0.6 is 11.6 Å². The molecule has 0 bridgehead atoms. The Morgan fingerprint density at radius 2 is 2.10 bits per heavy atom. The van der Waals surface area contributed by atoms with Gasteiger partial charge in [-0.05, 0) is 37.5 Å². The fourth-order valence-electron chi connectivity index (χ4n) is 2.25. The number of rotatable bonds is 3. The molecule has 20 heavy (non-hydrogen) atoms. The monoisotopic (exact) mass is 321 g/mol. The number of nitrogens with zero attached hydrogens (tertiary/aromatic N) is 1. The van der Waals surface area contributed by atoms with E-state index in [4.69, 9.17) is 16.7 Å². The molecule has 0 spiro atoms. The lowest BCUT2D eigenvalue weighted by Crippen LogP contribution is -2.47. The molecule has 2 rings (SSSR count). The first kappa shape index (κ1) is 15.2. The molecule has 0 aromatic heterocycles. The fourth-order valence-corrected chi connectivity index (χ4v) is 4.41. The number of hydrogen-bond donors (Lipinski definition) is 1. The van der Waals surface area contributed by atoms with E-state index in [1.165, 1.54) is 0 Å². The van der Waals surface area contributed by atoms with Gasteiger partial charge in [0.15, 0.2) is 0 Å². The zero-order valence-electron chi connectivity index (χ0n) is 10.4. The Bertz CT molecular complexity index is 634. The second-order valence-corrected chi connectivity index (χ2v) is 6.81. The van der Waals surface area contributed by atoms with Gasteiger partial charge in [-0.1, -0.05) is 11.6 Å². The van der Waals surface area contributed by atoms with Crippen LogP contribution < -0.4 is 0 Å². The van der Waals surface area contributed by atoms with E-state index < -0.39 is 27.9 Å². The van der Waals surface area contributed by atoms with Crippen molar-refractivity contribution in [2.45, 2.75) is 30.2 Å². The highest BCUT2D eigenvalue weighted by Crippen LogP contribution is 2.30. The van der Waals surface area contributed by atoms with Crippen LogP contribution in [0.15, 0.2) is 23.1 Å². The molecule has 0 amide bonds. The zero-order chi connectivity index (χ0) is 14.9. The molecule has 8 heteroatoms. The van der Waals surface area contributed by atoms with Crippen LogP contribution in [0.1, 0.15) is 19.3 Å². The summed E-state index contributed by atoms with van der Waals surface area (Å²) in [4.78, 5) is 10.9. The molecule has 1 heterocycles. The predicted molar refractivity (Wildman–Crippen MR) is 70.6 cm³/mol. The van der Waals surface area contributed by atoms with Gasteiger partial charge >= 0.3 is 5.97 Å². The van der Waals surface area contributed by atoms with Gasteiger partial charge in [-0.15, -0.1) is 0 Å². The second kappa shape index (κ2) is 5.67. The summed E-state index contributed by atoms with van der Waals surface area (Å²) >= 11 is 5.77. The molecule has 1 aliphatic heterocycles. The Balaban J connectivity index is 2.45. The maximum absolute atomic E-state index is 13.0. The number of carboxylic acids is 1. The van der Waals surface area contributed by atoms with Gasteiger partial charge in [0.2, 0.25) is 10.0 Å². The first-order chi connectivity index (χ1) is 9.34. The van der Waals surface area contributed by atoms with Gasteiger partial charge in [0, 0.05) is 6.54 Å². The molecule has 110 valence electrons. The number of benzene rings is 1. The van der Waals surface area contributed by atoms with Gasteiger partial charge in [0.05, 0.1) is 5.02 Å². The van der Waals surface area contributed by atoms with Crippen LogP contribution in [0.5, 0.6) is 0 Å². The lowest BCUT2D eigenvalue weighted by atomic mass is 10.1. The van der Waals surface area contributed by atoms with Crippen molar-refractivity contribution in [3.05, 3.63) is 29.0 Å². The Kier molecular flexibility index (Phi) is 4.31. The third kappa shape index (κ3) is 2.79. The van der Waals surface area contributed by atoms with Crippen molar-refractivity contribution < 1.29 is 22.7 Å². The standard InChI is InChI=1S/C12H13ClFNO4S/c13-9-7-8(14)4-5-11(9)20(18,19)15-6-2-1-3-10(15)12(16)17/h4-5,7,10H,1-3,6H2,(H,16,17). The van der Waals surface area contributed by atoms with Crippen LogP contribution in [0, 0.1) is 5.82 Å². The number of aliphatic carboxylic acids is 1. The minimum absolute atomic E-state index is 0.118. The van der Waals surface area contributed by atoms with E-state index in [9.17, 15) is 17.6 Å². The largest absolute Gasteiger partial charge is 0.480 e. The highest BCUT2D eigenvalue weighted by molar-refractivity contribution is 7.89. The van der Waals surface area contributed by atoms with Crippen LogP contribution in [0.25, 0.3) is 0 Å². The van der Waals surface area contributed by atoms with Gasteiger partial charge < -0.3 is 5.11 Å². The molecular formula is C12H13ClFNO4S. The SMILES string of the molecule is O=C(O)C1CCCCN1S(=O)(=O)c1ccc(F)cc1Cl. The summed E-state index contributed by atoms with van der Waals surface area (Å²) in [6, 6.07) is 1.84. The maximum Gasteiger partial charge on any atom is 0.322 e. The molecule has 0 radical (unpaired) electrons. The van der Waals surface area contributed by atoms with Crippen molar-refractivity contribution >= 4 is 27.6 Å². The highest BCUT2D eigenvalue weighted by Gasteiger charge is 2.38. The van der Waals surface area contributed by atoms with Crippen LogP contribution in [-0.2, 0) is 14.8 Å². The Morgan fingerprint density at radius 3 is 2.70 bits per heavy atom. The molecule has 1 atom stereocenters. The van der Waals surface area contributed by atoms with Gasteiger partial charge in [-0.25, -0.2) is 12.8 Å². The molecule has 1 fully saturated rings. The number of carboxylic acid groups (broad SMARTS) is 1. The Labute approximate surface area is 121 Å². The van der Waals surface area contributed by atoms with E-state index in [0.717, 1.165) is 22.5 Å². The summed E-state index contributed by atoms with van der Waals surface area (Å²) in [5, 5.41) is 8.88. The van der Waals surface area contributed by atoms with Crippen molar-refractivity contribution in [3.8, 4) is 0 Å². The average molecular weight is 322 g/mol. The summed E-state index contributed by atoms with van der Waals surface area (Å²) in [5.74, 6) is -1.84. The van der Waals surface area contributed by atoms with Crippen LogP contribution in [-0.4, -0.2) is 36.4 Å². The van der Waals surface area contributed by atoms with Crippen LogP contribution in [0.4, 0.5) is 4.39 Å². The smallest absolute Gasteiger partial charge is 0.322 e. The third-order valence-electron chi connectivity index (χ3n) is 3.22. The van der Waals surface area contributed by atoms with Crippen molar-refractivity contribution in [3.63, 3.8) is 0 Å².